The smallest absolute Gasteiger partial charge is 0.141 e. The van der Waals surface area contributed by atoms with Gasteiger partial charge in [-0.15, -0.1) is 0 Å². The molecule has 1 radical (unpaired) electrons. The molecule has 14 heavy (non-hydrogen) atoms. The summed E-state index contributed by atoms with van der Waals surface area (Å²) >= 11 is 6.19. The molecule has 1 aromatic carbocycles. The molecule has 1 unspecified atom stereocenters. The SMILES string of the molecule is CC1=C(Cl)C(C)(c2cc[c]cc2)N=N1. The molecule has 0 saturated carbocycles. The molecule has 0 bridgehead atoms. The van der Waals surface area contributed by atoms with Gasteiger partial charge in [0.1, 0.15) is 5.54 Å². The van der Waals surface area contributed by atoms with E-state index in [9.17, 15) is 0 Å². The van der Waals surface area contributed by atoms with E-state index in [-0.39, 0.29) is 0 Å². The predicted octanol–water partition coefficient (Wildman–Crippen LogP) is 3.64. The van der Waals surface area contributed by atoms with E-state index < -0.39 is 5.54 Å². The molecule has 3 heteroatoms. The highest BCUT2D eigenvalue weighted by Gasteiger charge is 2.35. The van der Waals surface area contributed by atoms with Gasteiger partial charge in [-0.3, -0.25) is 0 Å². The first-order valence-electron chi connectivity index (χ1n) is 4.41. The van der Waals surface area contributed by atoms with Crippen LogP contribution in [0.25, 0.3) is 0 Å². The Labute approximate surface area is 88.3 Å². The molecular weight excluding hydrogens is 196 g/mol. The quantitative estimate of drug-likeness (QED) is 0.669. The Bertz CT molecular complexity index is 409. The number of hydrogen-bond acceptors (Lipinski definition) is 2. The topological polar surface area (TPSA) is 24.7 Å². The highest BCUT2D eigenvalue weighted by molar-refractivity contribution is 6.31. The van der Waals surface area contributed by atoms with Crippen LogP contribution in [0.2, 0.25) is 0 Å². The van der Waals surface area contributed by atoms with Gasteiger partial charge in [0.2, 0.25) is 0 Å². The van der Waals surface area contributed by atoms with Gasteiger partial charge in [0.25, 0.3) is 0 Å². The minimum Gasteiger partial charge on any atom is -0.172 e. The van der Waals surface area contributed by atoms with Crippen LogP contribution in [0.5, 0.6) is 0 Å². The second kappa shape index (κ2) is 3.21. The molecule has 1 atom stereocenters. The highest BCUT2D eigenvalue weighted by atomic mass is 35.5. The summed E-state index contributed by atoms with van der Waals surface area (Å²) in [4.78, 5) is 0. The zero-order valence-electron chi connectivity index (χ0n) is 8.08. The second-order valence-electron chi connectivity index (χ2n) is 3.46. The van der Waals surface area contributed by atoms with Gasteiger partial charge in [0, 0.05) is 0 Å². The molecule has 1 aromatic rings. The van der Waals surface area contributed by atoms with E-state index in [2.05, 4.69) is 16.3 Å². The van der Waals surface area contributed by atoms with Crippen LogP contribution in [-0.2, 0) is 5.54 Å². The second-order valence-corrected chi connectivity index (χ2v) is 3.84. The number of azo groups is 1. The Morgan fingerprint density at radius 2 is 2.00 bits per heavy atom. The predicted molar refractivity (Wildman–Crippen MR) is 56.0 cm³/mol. The summed E-state index contributed by atoms with van der Waals surface area (Å²) in [5.41, 5.74) is 1.34. The Morgan fingerprint density at radius 1 is 1.36 bits per heavy atom. The van der Waals surface area contributed by atoms with Crippen molar-refractivity contribution >= 4 is 11.6 Å². The summed E-state index contributed by atoms with van der Waals surface area (Å²) in [6.07, 6.45) is 0. The number of hydrogen-bond donors (Lipinski definition) is 0. The van der Waals surface area contributed by atoms with Crippen molar-refractivity contribution in [2.75, 3.05) is 0 Å². The molecule has 0 N–H and O–H groups in total. The fourth-order valence-corrected chi connectivity index (χ4v) is 1.70. The normalized spacial score (nSPS) is 25.9. The first-order valence-corrected chi connectivity index (χ1v) is 4.79. The van der Waals surface area contributed by atoms with Crippen LogP contribution >= 0.6 is 11.6 Å². The lowest BCUT2D eigenvalue weighted by Crippen LogP contribution is -2.16. The van der Waals surface area contributed by atoms with E-state index >= 15 is 0 Å². The van der Waals surface area contributed by atoms with Crippen LogP contribution in [0.1, 0.15) is 19.4 Å². The Kier molecular flexibility index (Phi) is 2.16. The van der Waals surface area contributed by atoms with Crippen LogP contribution < -0.4 is 0 Å². The fourth-order valence-electron chi connectivity index (χ4n) is 1.51. The van der Waals surface area contributed by atoms with Gasteiger partial charge in [-0.05, 0) is 25.5 Å². The molecular formula is C11H10ClN2. The zero-order chi connectivity index (χ0) is 10.2. The van der Waals surface area contributed by atoms with E-state index in [0.717, 1.165) is 11.3 Å². The lowest BCUT2D eigenvalue weighted by Gasteiger charge is -2.19. The molecule has 1 aliphatic heterocycles. The van der Waals surface area contributed by atoms with E-state index in [4.69, 9.17) is 11.6 Å². The third-order valence-corrected chi connectivity index (χ3v) is 3.07. The van der Waals surface area contributed by atoms with Crippen molar-refractivity contribution < 1.29 is 0 Å². The summed E-state index contributed by atoms with van der Waals surface area (Å²) in [6, 6.07) is 10.6. The molecule has 0 amide bonds. The molecule has 2 nitrogen and oxygen atoms in total. The molecule has 0 saturated heterocycles. The van der Waals surface area contributed by atoms with Crippen molar-refractivity contribution in [2.45, 2.75) is 19.4 Å². The molecule has 0 spiro atoms. The lowest BCUT2D eigenvalue weighted by atomic mass is 9.92. The van der Waals surface area contributed by atoms with Crippen LogP contribution in [0.15, 0.2) is 45.2 Å². The van der Waals surface area contributed by atoms with Crippen molar-refractivity contribution in [2.24, 2.45) is 10.2 Å². The van der Waals surface area contributed by atoms with Gasteiger partial charge in [-0.1, -0.05) is 35.9 Å². The van der Waals surface area contributed by atoms with E-state index in [1.807, 2.05) is 38.1 Å². The van der Waals surface area contributed by atoms with Crippen LogP contribution in [0.4, 0.5) is 0 Å². The van der Waals surface area contributed by atoms with E-state index in [1.54, 1.807) is 0 Å². The molecule has 1 aliphatic rings. The van der Waals surface area contributed by atoms with E-state index in [0.29, 0.717) is 5.03 Å². The van der Waals surface area contributed by atoms with Crippen LogP contribution in [-0.4, -0.2) is 0 Å². The average molecular weight is 206 g/mol. The Balaban J connectivity index is 2.51. The first-order chi connectivity index (χ1) is 6.64. The number of nitrogens with zero attached hydrogens (tertiary/aromatic N) is 2. The van der Waals surface area contributed by atoms with Gasteiger partial charge in [-0.2, -0.15) is 10.2 Å². The van der Waals surface area contributed by atoms with Crippen molar-refractivity contribution in [1.82, 2.24) is 0 Å². The summed E-state index contributed by atoms with van der Waals surface area (Å²) < 4.78 is 0. The van der Waals surface area contributed by atoms with Crippen molar-refractivity contribution in [3.8, 4) is 0 Å². The molecule has 71 valence electrons. The zero-order valence-corrected chi connectivity index (χ0v) is 8.84. The number of rotatable bonds is 1. The maximum atomic E-state index is 6.19. The summed E-state index contributed by atoms with van der Waals surface area (Å²) in [5, 5.41) is 8.91. The summed E-state index contributed by atoms with van der Waals surface area (Å²) in [7, 11) is 0. The lowest BCUT2D eigenvalue weighted by molar-refractivity contribution is 0.609. The number of halogens is 1. The maximum absolute atomic E-state index is 6.19. The fraction of sp³-hybridized carbons (Fsp3) is 0.273. The minimum absolute atomic E-state index is 0.499. The molecule has 0 aromatic heterocycles. The molecule has 2 rings (SSSR count). The third-order valence-electron chi connectivity index (χ3n) is 2.43. The van der Waals surface area contributed by atoms with Gasteiger partial charge in [0.15, 0.2) is 0 Å². The third kappa shape index (κ3) is 1.26. The largest absolute Gasteiger partial charge is 0.172 e. The average Bonchev–Trinajstić information content (AvgIpc) is 2.49. The van der Waals surface area contributed by atoms with Crippen molar-refractivity contribution in [1.29, 1.82) is 0 Å². The van der Waals surface area contributed by atoms with Crippen LogP contribution in [0.3, 0.4) is 0 Å². The number of allylic oxidation sites excluding steroid dienone is 1. The van der Waals surface area contributed by atoms with E-state index in [1.165, 1.54) is 0 Å². The van der Waals surface area contributed by atoms with Gasteiger partial charge >= 0.3 is 0 Å². The van der Waals surface area contributed by atoms with Gasteiger partial charge < -0.3 is 0 Å². The minimum atomic E-state index is -0.499. The maximum Gasteiger partial charge on any atom is 0.141 e. The van der Waals surface area contributed by atoms with Crippen LogP contribution in [0, 0.1) is 6.07 Å². The Hall–Kier alpha value is -1.15. The van der Waals surface area contributed by atoms with Gasteiger partial charge in [0.05, 0.1) is 10.7 Å². The van der Waals surface area contributed by atoms with Crippen molar-refractivity contribution in [3.63, 3.8) is 0 Å². The number of benzene rings is 1. The van der Waals surface area contributed by atoms with Crippen molar-refractivity contribution in [3.05, 3.63) is 46.6 Å². The summed E-state index contributed by atoms with van der Waals surface area (Å²) in [6.45, 7) is 3.83. The summed E-state index contributed by atoms with van der Waals surface area (Å²) in [5.74, 6) is 0. The van der Waals surface area contributed by atoms with Gasteiger partial charge in [-0.25, -0.2) is 0 Å². The Morgan fingerprint density at radius 3 is 2.50 bits per heavy atom. The highest BCUT2D eigenvalue weighted by Crippen LogP contribution is 2.42. The molecule has 0 aliphatic carbocycles. The monoisotopic (exact) mass is 205 g/mol. The standard InChI is InChI=1S/C11H10ClN2/c1-8-10(12)11(2,14-13-8)9-6-4-3-5-7-9/h4-7H,1-2H3. The molecule has 0 fully saturated rings. The molecule has 1 heterocycles. The first kappa shape index (κ1) is 9.41.